The fraction of sp³-hybridized carbons (Fsp3) is 0.348. The summed E-state index contributed by atoms with van der Waals surface area (Å²) in [5, 5.41) is 0.732. The first-order valence-corrected chi connectivity index (χ1v) is 10.6. The van der Waals surface area contributed by atoms with E-state index >= 15 is 0 Å². The van der Waals surface area contributed by atoms with Crippen LogP contribution < -0.4 is 5.73 Å². The number of hydrogen-bond donors (Lipinski definition) is 2. The van der Waals surface area contributed by atoms with Gasteiger partial charge in [-0.3, -0.25) is 9.78 Å². The van der Waals surface area contributed by atoms with Crippen LogP contribution in [-0.4, -0.2) is 38.3 Å². The van der Waals surface area contributed by atoms with Crippen LogP contribution in [0.3, 0.4) is 0 Å². The highest BCUT2D eigenvalue weighted by Crippen LogP contribution is 2.41. The van der Waals surface area contributed by atoms with Gasteiger partial charge >= 0.3 is 0 Å². The van der Waals surface area contributed by atoms with Crippen molar-refractivity contribution >= 4 is 29.9 Å². The fourth-order valence-corrected chi connectivity index (χ4v) is 4.66. The van der Waals surface area contributed by atoms with Crippen LogP contribution in [0.25, 0.3) is 0 Å². The second-order valence-electron chi connectivity index (χ2n) is 7.98. The number of hydrogen-bond acceptors (Lipinski definition) is 4. The Balaban J connectivity index is 0.00000272. The number of nitrogens with two attached hydrogens (primary N) is 1. The number of halogens is 2. The number of pyridine rings is 1. The van der Waals surface area contributed by atoms with Crippen LogP contribution in [0, 0.1) is 0 Å². The van der Waals surface area contributed by atoms with Crippen LogP contribution in [0.1, 0.15) is 47.3 Å². The van der Waals surface area contributed by atoms with Gasteiger partial charge in [0.15, 0.2) is 0 Å². The van der Waals surface area contributed by atoms with E-state index in [1.807, 2.05) is 29.2 Å². The van der Waals surface area contributed by atoms with Crippen molar-refractivity contribution in [1.82, 2.24) is 19.9 Å². The highest BCUT2D eigenvalue weighted by Gasteiger charge is 2.39. The smallest absolute Gasteiger partial charge is 0.256 e. The summed E-state index contributed by atoms with van der Waals surface area (Å²) in [5.74, 6) is -0.00861. The standard InChI is InChI=1S/C23H26ClN5O.ClH/c24-19-5-1-4-18(11-19)23(15-25)8-6-21(7-9-23)29(14-20-13-27-16-28-20)22(30)17-3-2-10-26-12-17;/h1-5,10-13,16,21H,6-9,14-15,25H2,(H,27,28);1H/t21-,23+;. The quantitative estimate of drug-likeness (QED) is 0.572. The van der Waals surface area contributed by atoms with Crippen molar-refractivity contribution in [2.24, 2.45) is 5.73 Å². The number of benzene rings is 1. The van der Waals surface area contributed by atoms with E-state index in [1.165, 1.54) is 5.56 Å². The van der Waals surface area contributed by atoms with Gasteiger partial charge < -0.3 is 15.6 Å². The molecule has 8 heteroatoms. The molecule has 2 aromatic heterocycles. The number of carbonyl (C=O) groups excluding carboxylic acids is 1. The Hall–Kier alpha value is -2.41. The third-order valence-electron chi connectivity index (χ3n) is 6.25. The molecule has 0 radical (unpaired) electrons. The zero-order valence-corrected chi connectivity index (χ0v) is 18.8. The zero-order chi connectivity index (χ0) is 21.0. The van der Waals surface area contributed by atoms with Crippen LogP contribution in [0.5, 0.6) is 0 Å². The summed E-state index contributed by atoms with van der Waals surface area (Å²) in [6, 6.07) is 11.7. The lowest BCUT2D eigenvalue weighted by Crippen LogP contribution is -2.47. The summed E-state index contributed by atoms with van der Waals surface area (Å²) in [6.45, 7) is 1.06. The monoisotopic (exact) mass is 459 g/mol. The van der Waals surface area contributed by atoms with Gasteiger partial charge in [-0.25, -0.2) is 4.98 Å². The molecule has 1 aliphatic carbocycles. The molecule has 1 fully saturated rings. The van der Waals surface area contributed by atoms with Crippen LogP contribution >= 0.6 is 24.0 Å². The van der Waals surface area contributed by atoms with Gasteiger partial charge in [0.1, 0.15) is 0 Å². The van der Waals surface area contributed by atoms with Gasteiger partial charge in [0.25, 0.3) is 5.91 Å². The number of rotatable bonds is 6. The van der Waals surface area contributed by atoms with Crippen LogP contribution in [0.4, 0.5) is 0 Å². The summed E-state index contributed by atoms with van der Waals surface area (Å²) in [6.07, 6.45) is 10.3. The second kappa shape index (κ2) is 10.3. The first kappa shape index (κ1) is 23.3. The molecule has 3 N–H and O–H groups in total. The maximum absolute atomic E-state index is 13.3. The normalized spacial score (nSPS) is 20.6. The second-order valence-corrected chi connectivity index (χ2v) is 8.41. The summed E-state index contributed by atoms with van der Waals surface area (Å²) in [5.41, 5.74) is 8.86. The van der Waals surface area contributed by atoms with E-state index in [1.54, 1.807) is 31.0 Å². The lowest BCUT2D eigenvalue weighted by Gasteiger charge is -2.43. The van der Waals surface area contributed by atoms with E-state index in [0.29, 0.717) is 18.7 Å². The van der Waals surface area contributed by atoms with Crippen LogP contribution in [0.2, 0.25) is 5.02 Å². The predicted octanol–water partition coefficient (Wildman–Crippen LogP) is 4.36. The molecular weight excluding hydrogens is 433 g/mol. The number of nitrogens with zero attached hydrogens (tertiary/aromatic N) is 3. The van der Waals surface area contributed by atoms with Crippen molar-refractivity contribution < 1.29 is 4.79 Å². The van der Waals surface area contributed by atoms with Crippen LogP contribution in [0.15, 0.2) is 61.3 Å². The third-order valence-corrected chi connectivity index (χ3v) is 6.48. The maximum atomic E-state index is 13.3. The molecule has 4 rings (SSSR count). The number of aromatic amines is 1. The van der Waals surface area contributed by atoms with E-state index < -0.39 is 0 Å². The molecule has 0 atom stereocenters. The fourth-order valence-electron chi connectivity index (χ4n) is 4.47. The third kappa shape index (κ3) is 5.09. The molecule has 1 aliphatic rings. The number of imidazole rings is 1. The highest BCUT2D eigenvalue weighted by atomic mass is 35.5. The minimum absolute atomic E-state index is 0. The van der Waals surface area contributed by atoms with Gasteiger partial charge in [-0.2, -0.15) is 0 Å². The van der Waals surface area contributed by atoms with Crippen molar-refractivity contribution in [3.8, 4) is 0 Å². The number of amides is 1. The topological polar surface area (TPSA) is 87.9 Å². The average Bonchev–Trinajstić information content (AvgIpc) is 3.31. The first-order chi connectivity index (χ1) is 14.6. The van der Waals surface area contributed by atoms with Gasteiger partial charge in [0.05, 0.1) is 24.1 Å². The minimum atomic E-state index is -0.0988. The molecule has 0 spiro atoms. The number of H-pyrrole nitrogens is 1. The van der Waals surface area contributed by atoms with Crippen molar-refractivity contribution in [3.63, 3.8) is 0 Å². The SMILES string of the molecule is Cl.NC[C@]1(c2cccc(Cl)c2)CC[C@@H](N(Cc2cnc[nH]2)C(=O)c2cccnc2)CC1. The number of carbonyl (C=O) groups is 1. The molecular formula is C23H27Cl2N5O. The number of aromatic nitrogens is 3. The molecule has 6 nitrogen and oxygen atoms in total. The summed E-state index contributed by atoms with van der Waals surface area (Å²) in [4.78, 5) is 26.6. The summed E-state index contributed by atoms with van der Waals surface area (Å²) >= 11 is 6.24. The Bertz CT molecular complexity index is 973. The van der Waals surface area contributed by atoms with Crippen LogP contribution in [-0.2, 0) is 12.0 Å². The zero-order valence-electron chi connectivity index (χ0n) is 17.2. The van der Waals surface area contributed by atoms with Crippen molar-refractivity contribution in [2.75, 3.05) is 6.54 Å². The Morgan fingerprint density at radius 2 is 2.00 bits per heavy atom. The molecule has 0 saturated heterocycles. The average molecular weight is 460 g/mol. The Kier molecular flexibility index (Phi) is 7.70. The van der Waals surface area contributed by atoms with E-state index in [4.69, 9.17) is 17.3 Å². The largest absolute Gasteiger partial charge is 0.347 e. The van der Waals surface area contributed by atoms with Crippen molar-refractivity contribution in [1.29, 1.82) is 0 Å². The highest BCUT2D eigenvalue weighted by molar-refractivity contribution is 6.30. The first-order valence-electron chi connectivity index (χ1n) is 10.3. The molecule has 31 heavy (non-hydrogen) atoms. The van der Waals surface area contributed by atoms with E-state index in [-0.39, 0.29) is 29.8 Å². The lowest BCUT2D eigenvalue weighted by atomic mass is 9.68. The molecule has 1 aromatic carbocycles. The molecule has 164 valence electrons. The number of nitrogens with one attached hydrogen (secondary N) is 1. The van der Waals surface area contributed by atoms with Gasteiger partial charge in [-0.15, -0.1) is 12.4 Å². The molecule has 3 aromatic rings. The van der Waals surface area contributed by atoms with Crippen molar-refractivity contribution in [3.05, 3.63) is 83.2 Å². The molecule has 0 bridgehead atoms. The van der Waals surface area contributed by atoms with Gasteiger partial charge in [0, 0.05) is 41.6 Å². The Morgan fingerprint density at radius 1 is 1.19 bits per heavy atom. The van der Waals surface area contributed by atoms with Crippen molar-refractivity contribution in [2.45, 2.75) is 43.7 Å². The summed E-state index contributed by atoms with van der Waals surface area (Å²) in [7, 11) is 0. The molecule has 1 amide bonds. The van der Waals surface area contributed by atoms with E-state index in [9.17, 15) is 4.79 Å². The lowest BCUT2D eigenvalue weighted by molar-refractivity contribution is 0.0569. The Labute approximate surface area is 193 Å². The molecule has 0 unspecified atom stereocenters. The molecule has 0 aliphatic heterocycles. The van der Waals surface area contributed by atoms with Gasteiger partial charge in [0.2, 0.25) is 0 Å². The maximum Gasteiger partial charge on any atom is 0.256 e. The predicted molar refractivity (Wildman–Crippen MR) is 124 cm³/mol. The van der Waals surface area contributed by atoms with E-state index in [0.717, 1.165) is 36.4 Å². The van der Waals surface area contributed by atoms with E-state index in [2.05, 4.69) is 21.0 Å². The molecule has 1 saturated carbocycles. The minimum Gasteiger partial charge on any atom is -0.347 e. The Morgan fingerprint density at radius 3 is 2.61 bits per heavy atom. The molecule has 2 heterocycles. The van der Waals surface area contributed by atoms with Gasteiger partial charge in [-0.05, 0) is 55.5 Å². The summed E-state index contributed by atoms with van der Waals surface area (Å²) < 4.78 is 0. The van der Waals surface area contributed by atoms with Gasteiger partial charge in [-0.1, -0.05) is 23.7 Å².